The zero-order chi connectivity index (χ0) is 9.26. The summed E-state index contributed by atoms with van der Waals surface area (Å²) >= 11 is 0. The molecule has 0 saturated heterocycles. The summed E-state index contributed by atoms with van der Waals surface area (Å²) < 4.78 is 14.4. The number of hydrogen-bond acceptors (Lipinski definition) is 5. The number of rotatable bonds is 2. The first-order valence-corrected chi connectivity index (χ1v) is 3.63. The lowest BCUT2D eigenvalue weighted by molar-refractivity contribution is -0.372. The summed E-state index contributed by atoms with van der Waals surface area (Å²) in [7, 11) is -2.32. The second-order valence-electron chi connectivity index (χ2n) is 2.42. The summed E-state index contributed by atoms with van der Waals surface area (Å²) in [5, 5.41) is 20.3. The van der Waals surface area contributed by atoms with Crippen LogP contribution < -0.4 is 24.2 Å². The molecule has 1 aliphatic rings. The van der Waals surface area contributed by atoms with Gasteiger partial charge >= 0.3 is 0 Å². The first-order valence-electron chi connectivity index (χ1n) is 3.63. The van der Waals surface area contributed by atoms with E-state index in [9.17, 15) is 10.0 Å². The van der Waals surface area contributed by atoms with Gasteiger partial charge in [0.05, 0.1) is 5.75 Å². The Morgan fingerprint density at radius 2 is 2.00 bits per heavy atom. The predicted molar refractivity (Wildman–Crippen MR) is 38.9 cm³/mol. The summed E-state index contributed by atoms with van der Waals surface area (Å²) in [5.74, 6) is 1.26. The van der Waals surface area contributed by atoms with E-state index in [1.54, 1.807) is 6.07 Å². The highest BCUT2D eigenvalue weighted by atomic mass is 16.7. The van der Waals surface area contributed by atoms with Crippen LogP contribution in [0.1, 0.15) is 0 Å². The Hall–Kier alpha value is -1.40. The number of ether oxygens (including phenoxy) is 2. The van der Waals surface area contributed by atoms with Gasteiger partial charge in [0.25, 0.3) is 0 Å². The summed E-state index contributed by atoms with van der Waals surface area (Å²) in [6.07, 6.45) is 0. The Morgan fingerprint density at radius 3 is 2.77 bits per heavy atom. The van der Waals surface area contributed by atoms with E-state index < -0.39 is 7.32 Å². The number of benzene rings is 1. The third-order valence-corrected chi connectivity index (χ3v) is 1.58. The van der Waals surface area contributed by atoms with Crippen molar-refractivity contribution < 1.29 is 24.2 Å². The molecular weight excluding hydrogens is 175 g/mol. The topological polar surface area (TPSA) is 73.8 Å². The van der Waals surface area contributed by atoms with Gasteiger partial charge in [-0.1, -0.05) is 0 Å². The zero-order valence-electron chi connectivity index (χ0n) is 6.56. The van der Waals surface area contributed by atoms with Gasteiger partial charge in [0.2, 0.25) is 6.79 Å². The van der Waals surface area contributed by atoms with Crippen molar-refractivity contribution in [3.8, 4) is 17.2 Å². The SMILES string of the molecule is [O-]B([O-])Oc1ccc2c(c1)OCO2. The summed E-state index contributed by atoms with van der Waals surface area (Å²) in [5.41, 5.74) is 0. The molecule has 1 aromatic rings. The number of fused-ring (bicyclic) bond motifs is 1. The molecule has 1 aliphatic heterocycles. The minimum atomic E-state index is -2.32. The van der Waals surface area contributed by atoms with Gasteiger partial charge in [-0.05, 0) is 12.1 Å². The highest BCUT2D eigenvalue weighted by Gasteiger charge is 2.12. The van der Waals surface area contributed by atoms with Crippen molar-refractivity contribution in [1.29, 1.82) is 0 Å². The third kappa shape index (κ3) is 1.68. The molecule has 6 heteroatoms. The molecule has 0 N–H and O–H groups in total. The van der Waals surface area contributed by atoms with Gasteiger partial charge in [-0.25, -0.2) is 0 Å². The van der Waals surface area contributed by atoms with Crippen LogP contribution in [0.2, 0.25) is 0 Å². The molecule has 0 fully saturated rings. The highest BCUT2D eigenvalue weighted by Crippen LogP contribution is 2.34. The summed E-state index contributed by atoms with van der Waals surface area (Å²) in [6.45, 7) is 0.150. The van der Waals surface area contributed by atoms with Gasteiger partial charge < -0.3 is 24.2 Å². The Labute approximate surface area is 74.6 Å². The van der Waals surface area contributed by atoms with Crippen LogP contribution >= 0.6 is 0 Å². The fraction of sp³-hybridized carbons (Fsp3) is 0.143. The fourth-order valence-corrected chi connectivity index (χ4v) is 1.06. The molecule has 0 spiro atoms. The van der Waals surface area contributed by atoms with Gasteiger partial charge in [0, 0.05) is 6.07 Å². The first-order chi connectivity index (χ1) is 6.25. The monoisotopic (exact) mass is 180 g/mol. The molecule has 0 bridgehead atoms. The van der Waals surface area contributed by atoms with Crippen molar-refractivity contribution in [2.75, 3.05) is 6.79 Å². The van der Waals surface area contributed by atoms with Crippen LogP contribution in [0.15, 0.2) is 18.2 Å². The lowest BCUT2D eigenvalue weighted by Gasteiger charge is -2.26. The highest BCUT2D eigenvalue weighted by molar-refractivity contribution is 6.29. The van der Waals surface area contributed by atoms with E-state index in [4.69, 9.17) is 9.47 Å². The van der Waals surface area contributed by atoms with Gasteiger partial charge in [-0.15, -0.1) is 0 Å². The number of hydrogen-bond donors (Lipinski definition) is 0. The van der Waals surface area contributed by atoms with E-state index in [-0.39, 0.29) is 12.5 Å². The zero-order valence-corrected chi connectivity index (χ0v) is 6.56. The van der Waals surface area contributed by atoms with Gasteiger partial charge in [-0.3, -0.25) is 0 Å². The van der Waals surface area contributed by atoms with E-state index in [2.05, 4.69) is 4.65 Å². The van der Waals surface area contributed by atoms with Crippen LogP contribution in [-0.4, -0.2) is 14.1 Å². The molecule has 1 heterocycles. The van der Waals surface area contributed by atoms with Crippen LogP contribution in [0.5, 0.6) is 17.2 Å². The Balaban J connectivity index is 2.21. The maximum atomic E-state index is 10.1. The lowest BCUT2D eigenvalue weighted by atomic mass is 10.2. The van der Waals surface area contributed by atoms with Crippen molar-refractivity contribution in [1.82, 2.24) is 0 Å². The second kappa shape index (κ2) is 3.16. The largest absolute Gasteiger partial charge is 0.860 e. The van der Waals surface area contributed by atoms with Crippen LogP contribution in [-0.2, 0) is 0 Å². The van der Waals surface area contributed by atoms with E-state index in [1.165, 1.54) is 12.1 Å². The minimum absolute atomic E-state index is 0.150. The molecule has 0 aliphatic carbocycles. The van der Waals surface area contributed by atoms with Gasteiger partial charge in [0.1, 0.15) is 7.32 Å². The summed E-state index contributed by atoms with van der Waals surface area (Å²) in [6, 6.07) is 4.52. The average Bonchev–Trinajstić information content (AvgIpc) is 2.49. The maximum absolute atomic E-state index is 10.1. The molecular formula is C7H5BO5-2. The normalized spacial score (nSPS) is 12.8. The predicted octanol–water partition coefficient (Wildman–Crippen LogP) is -1.50. The third-order valence-electron chi connectivity index (χ3n) is 1.58. The van der Waals surface area contributed by atoms with Crippen LogP contribution in [0.25, 0.3) is 0 Å². The average molecular weight is 180 g/mol. The van der Waals surface area contributed by atoms with Crippen LogP contribution in [0.4, 0.5) is 0 Å². The van der Waals surface area contributed by atoms with Crippen molar-refractivity contribution in [3.05, 3.63) is 18.2 Å². The molecule has 2 rings (SSSR count). The molecule has 13 heavy (non-hydrogen) atoms. The molecule has 0 atom stereocenters. The van der Waals surface area contributed by atoms with E-state index in [0.29, 0.717) is 11.5 Å². The molecule has 1 aromatic carbocycles. The van der Waals surface area contributed by atoms with E-state index in [0.717, 1.165) is 0 Å². The van der Waals surface area contributed by atoms with Gasteiger partial charge in [-0.2, -0.15) is 0 Å². The quantitative estimate of drug-likeness (QED) is 0.517. The molecule has 68 valence electrons. The molecule has 0 amide bonds. The van der Waals surface area contributed by atoms with E-state index >= 15 is 0 Å². The Bertz CT molecular complexity index is 314. The summed E-state index contributed by atoms with van der Waals surface area (Å²) in [4.78, 5) is 0. The van der Waals surface area contributed by atoms with Crippen LogP contribution in [0.3, 0.4) is 0 Å². The van der Waals surface area contributed by atoms with E-state index in [1.807, 2.05) is 0 Å². The van der Waals surface area contributed by atoms with Gasteiger partial charge in [0.15, 0.2) is 11.5 Å². The minimum Gasteiger partial charge on any atom is -0.860 e. The Kier molecular flexibility index (Phi) is 1.99. The lowest BCUT2D eigenvalue weighted by Crippen LogP contribution is -2.50. The molecule has 0 aromatic heterocycles. The first kappa shape index (κ1) is 8.21. The fourth-order valence-electron chi connectivity index (χ4n) is 1.06. The van der Waals surface area contributed by atoms with Crippen molar-refractivity contribution in [2.45, 2.75) is 0 Å². The smallest absolute Gasteiger partial charge is 0.231 e. The molecule has 5 nitrogen and oxygen atoms in total. The van der Waals surface area contributed by atoms with Crippen molar-refractivity contribution in [3.63, 3.8) is 0 Å². The standard InChI is InChI=1S/C7H5BO5/c9-8(10)13-5-1-2-6-7(3-5)12-4-11-6/h1-3H,4H2/q-2. The molecule has 0 saturated carbocycles. The molecule has 0 radical (unpaired) electrons. The van der Waals surface area contributed by atoms with Crippen molar-refractivity contribution >= 4 is 7.32 Å². The second-order valence-corrected chi connectivity index (χ2v) is 2.42. The molecule has 0 unspecified atom stereocenters. The van der Waals surface area contributed by atoms with Crippen molar-refractivity contribution in [2.24, 2.45) is 0 Å². The van der Waals surface area contributed by atoms with Crippen LogP contribution in [0, 0.1) is 0 Å². The maximum Gasteiger partial charge on any atom is 0.231 e. The Morgan fingerprint density at radius 1 is 1.23 bits per heavy atom.